The first-order valence-corrected chi connectivity index (χ1v) is 9.95. The maximum Gasteiger partial charge on any atom is 0.0705 e. The number of rotatable bonds is 4. The van der Waals surface area contributed by atoms with Gasteiger partial charge in [0.2, 0.25) is 0 Å². The summed E-state index contributed by atoms with van der Waals surface area (Å²) in [4.78, 5) is 7.23. The summed E-state index contributed by atoms with van der Waals surface area (Å²) in [6, 6.07) is 19.1. The second kappa shape index (κ2) is 7.60. The normalized spacial score (nSPS) is 16.4. The van der Waals surface area contributed by atoms with Crippen LogP contribution in [0, 0.1) is 0 Å². The molecule has 2 aromatic carbocycles. The van der Waals surface area contributed by atoms with Crippen LogP contribution in [0.3, 0.4) is 0 Å². The molecule has 1 aromatic heterocycles. The van der Waals surface area contributed by atoms with Gasteiger partial charge in [-0.25, -0.2) is 0 Å². The van der Waals surface area contributed by atoms with E-state index in [4.69, 9.17) is 9.72 Å². The van der Waals surface area contributed by atoms with Crippen molar-refractivity contribution in [3.63, 3.8) is 0 Å². The summed E-state index contributed by atoms with van der Waals surface area (Å²) in [5.74, 6) is 0. The number of aromatic nitrogens is 1. The van der Waals surface area contributed by atoms with Gasteiger partial charge in [0.1, 0.15) is 0 Å². The molecule has 0 aliphatic carbocycles. The molecule has 142 valence electrons. The topological polar surface area (TPSA) is 41.0 Å². The van der Waals surface area contributed by atoms with Gasteiger partial charge in [-0.3, -0.25) is 9.99 Å². The van der Waals surface area contributed by atoms with Gasteiger partial charge in [0.05, 0.1) is 31.5 Å². The summed E-state index contributed by atoms with van der Waals surface area (Å²) in [5.41, 5.74) is 6.08. The van der Waals surface area contributed by atoms with Gasteiger partial charge in [-0.05, 0) is 18.2 Å². The Kier molecular flexibility index (Phi) is 4.67. The van der Waals surface area contributed by atoms with Gasteiger partial charge in [-0.1, -0.05) is 36.4 Å². The van der Waals surface area contributed by atoms with E-state index < -0.39 is 0 Å². The zero-order valence-electron chi connectivity index (χ0n) is 15.9. The molecular weight excluding hydrogens is 348 g/mol. The fraction of sp³-hybridized carbons (Fsp3) is 0.304. The number of hydrazone groups is 1. The Hall–Kier alpha value is -2.92. The highest BCUT2D eigenvalue weighted by atomic mass is 16.5. The zero-order chi connectivity index (χ0) is 18.8. The summed E-state index contributed by atoms with van der Waals surface area (Å²) >= 11 is 0. The third-order valence-corrected chi connectivity index (χ3v) is 5.52. The van der Waals surface area contributed by atoms with E-state index in [0.717, 1.165) is 57.0 Å². The molecule has 0 atom stereocenters. The second-order valence-corrected chi connectivity index (χ2v) is 7.32. The van der Waals surface area contributed by atoms with E-state index in [0.29, 0.717) is 0 Å². The minimum Gasteiger partial charge on any atom is -0.378 e. The first kappa shape index (κ1) is 17.2. The number of hydrogen-bond acceptors (Lipinski definition) is 5. The number of ether oxygens (including phenoxy) is 1. The van der Waals surface area contributed by atoms with Gasteiger partial charge < -0.3 is 9.64 Å². The van der Waals surface area contributed by atoms with Crippen LogP contribution in [0.25, 0.3) is 10.9 Å². The lowest BCUT2D eigenvalue weighted by molar-refractivity contribution is 0.122. The molecule has 2 aliphatic rings. The van der Waals surface area contributed by atoms with E-state index in [-0.39, 0.29) is 0 Å². The van der Waals surface area contributed by atoms with Crippen molar-refractivity contribution in [2.75, 3.05) is 37.7 Å². The van der Waals surface area contributed by atoms with E-state index in [1.165, 1.54) is 22.2 Å². The van der Waals surface area contributed by atoms with Crippen molar-refractivity contribution in [1.29, 1.82) is 0 Å². The minimum absolute atomic E-state index is 0.801. The maximum atomic E-state index is 5.52. The standard InChI is InChI=1S/C23H24N4O/c1-2-6-22-18(4-1)8-9-20(25-22)10-11-27-17-21-19(16-24-27)5-3-7-23(21)26-12-14-28-15-13-26/h1-9,16H,10-15,17H2. The number of pyridine rings is 1. The van der Waals surface area contributed by atoms with Crippen LogP contribution in [0.4, 0.5) is 5.69 Å². The Morgan fingerprint density at radius 1 is 0.929 bits per heavy atom. The Balaban J connectivity index is 1.31. The van der Waals surface area contributed by atoms with Crippen LogP contribution in [0.5, 0.6) is 0 Å². The van der Waals surface area contributed by atoms with Gasteiger partial charge in [0, 0.05) is 53.9 Å². The van der Waals surface area contributed by atoms with Crippen LogP contribution in [0.2, 0.25) is 0 Å². The number of anilines is 1. The Bertz CT molecular complexity index is 1010. The SMILES string of the molecule is C1=NN(CCc2ccc3ccccc3n2)Cc2c1cccc2N1CCOCC1. The molecule has 0 radical (unpaired) electrons. The van der Waals surface area contributed by atoms with Crippen molar-refractivity contribution in [2.24, 2.45) is 5.10 Å². The fourth-order valence-electron chi connectivity index (χ4n) is 3.98. The molecule has 1 fully saturated rings. The molecule has 2 aliphatic heterocycles. The first-order valence-electron chi connectivity index (χ1n) is 9.95. The maximum absolute atomic E-state index is 5.52. The molecule has 0 saturated carbocycles. The molecule has 5 heteroatoms. The molecule has 28 heavy (non-hydrogen) atoms. The third kappa shape index (κ3) is 3.45. The molecule has 0 spiro atoms. The molecule has 5 nitrogen and oxygen atoms in total. The predicted molar refractivity (Wildman–Crippen MR) is 113 cm³/mol. The fourth-order valence-corrected chi connectivity index (χ4v) is 3.98. The van der Waals surface area contributed by atoms with E-state index >= 15 is 0 Å². The minimum atomic E-state index is 0.801. The average molecular weight is 372 g/mol. The van der Waals surface area contributed by atoms with Crippen molar-refractivity contribution >= 4 is 22.8 Å². The van der Waals surface area contributed by atoms with Gasteiger partial charge in [0.15, 0.2) is 0 Å². The highest BCUT2D eigenvalue weighted by Gasteiger charge is 2.20. The smallest absolute Gasteiger partial charge is 0.0705 e. The monoisotopic (exact) mass is 372 g/mol. The summed E-state index contributed by atoms with van der Waals surface area (Å²) in [6.45, 7) is 5.21. The van der Waals surface area contributed by atoms with Gasteiger partial charge in [-0.2, -0.15) is 5.10 Å². The van der Waals surface area contributed by atoms with Gasteiger partial charge >= 0.3 is 0 Å². The van der Waals surface area contributed by atoms with E-state index in [1.807, 2.05) is 12.3 Å². The number of morpholine rings is 1. The molecule has 0 amide bonds. The van der Waals surface area contributed by atoms with Gasteiger partial charge in [-0.15, -0.1) is 0 Å². The highest BCUT2D eigenvalue weighted by Crippen LogP contribution is 2.28. The van der Waals surface area contributed by atoms with Crippen LogP contribution in [-0.2, 0) is 17.7 Å². The highest BCUT2D eigenvalue weighted by molar-refractivity contribution is 5.85. The molecule has 0 N–H and O–H groups in total. The Labute approximate surface area is 165 Å². The van der Waals surface area contributed by atoms with Gasteiger partial charge in [0.25, 0.3) is 0 Å². The van der Waals surface area contributed by atoms with Crippen molar-refractivity contribution in [2.45, 2.75) is 13.0 Å². The Morgan fingerprint density at radius 3 is 2.75 bits per heavy atom. The van der Waals surface area contributed by atoms with Crippen LogP contribution >= 0.6 is 0 Å². The molecule has 0 bridgehead atoms. The lowest BCUT2D eigenvalue weighted by Gasteiger charge is -2.33. The van der Waals surface area contributed by atoms with Crippen molar-refractivity contribution in [3.8, 4) is 0 Å². The van der Waals surface area contributed by atoms with Crippen LogP contribution in [0.1, 0.15) is 16.8 Å². The average Bonchev–Trinajstić information content (AvgIpc) is 2.77. The molecule has 0 unspecified atom stereocenters. The Morgan fingerprint density at radius 2 is 1.82 bits per heavy atom. The van der Waals surface area contributed by atoms with Crippen LogP contribution in [-0.4, -0.2) is 49.1 Å². The molecule has 1 saturated heterocycles. The molecule has 3 heterocycles. The molecule has 5 rings (SSSR count). The predicted octanol–water partition coefficient (Wildman–Crippen LogP) is 3.46. The summed E-state index contributed by atoms with van der Waals surface area (Å²) < 4.78 is 5.52. The number of hydrogen-bond donors (Lipinski definition) is 0. The first-order chi connectivity index (χ1) is 13.9. The van der Waals surface area contributed by atoms with Crippen LogP contribution < -0.4 is 4.90 Å². The summed E-state index contributed by atoms with van der Waals surface area (Å²) in [5, 5.41) is 8.01. The van der Waals surface area contributed by atoms with Crippen molar-refractivity contribution in [3.05, 3.63) is 71.4 Å². The summed E-state index contributed by atoms with van der Waals surface area (Å²) in [7, 11) is 0. The lowest BCUT2D eigenvalue weighted by Crippen LogP contribution is -2.37. The zero-order valence-corrected chi connectivity index (χ0v) is 15.9. The second-order valence-electron chi connectivity index (χ2n) is 7.32. The number of fused-ring (bicyclic) bond motifs is 2. The molecule has 3 aromatic rings. The quantitative estimate of drug-likeness (QED) is 0.703. The number of benzene rings is 2. The van der Waals surface area contributed by atoms with E-state index in [1.54, 1.807) is 0 Å². The van der Waals surface area contributed by atoms with E-state index in [9.17, 15) is 0 Å². The molecular formula is C23H24N4O. The van der Waals surface area contributed by atoms with Crippen molar-refractivity contribution < 1.29 is 4.74 Å². The number of para-hydroxylation sites is 1. The van der Waals surface area contributed by atoms with Crippen LogP contribution in [0.15, 0.2) is 59.7 Å². The lowest BCUT2D eigenvalue weighted by atomic mass is 10.0. The van der Waals surface area contributed by atoms with E-state index in [2.05, 4.69) is 63.5 Å². The third-order valence-electron chi connectivity index (χ3n) is 5.52. The summed E-state index contributed by atoms with van der Waals surface area (Å²) in [6.07, 6.45) is 2.88. The van der Waals surface area contributed by atoms with Crippen molar-refractivity contribution in [1.82, 2.24) is 9.99 Å². The number of nitrogens with zero attached hydrogens (tertiary/aromatic N) is 4. The largest absolute Gasteiger partial charge is 0.378 e.